The van der Waals surface area contributed by atoms with E-state index in [2.05, 4.69) is 26.7 Å². The molecular weight excluding hydrogens is 238 g/mol. The normalized spacial score (nSPS) is 18.5. The van der Waals surface area contributed by atoms with Gasteiger partial charge in [0.05, 0.1) is 0 Å². The lowest BCUT2D eigenvalue weighted by Gasteiger charge is -2.35. The minimum Gasteiger partial charge on any atom is -0.338 e. The molecule has 2 N–H and O–H groups in total. The Morgan fingerprint density at radius 2 is 1.89 bits per heavy atom. The zero-order chi connectivity index (χ0) is 13.5. The second kappa shape index (κ2) is 7.40. The van der Waals surface area contributed by atoms with Crippen molar-refractivity contribution in [2.75, 3.05) is 44.2 Å². The first-order chi connectivity index (χ1) is 9.33. The van der Waals surface area contributed by atoms with Gasteiger partial charge in [0, 0.05) is 38.6 Å². The SMILES string of the molecule is CCC(CN)CCN1CCN(c2ncccn2)CC1. The van der Waals surface area contributed by atoms with Crippen molar-refractivity contribution in [3.8, 4) is 0 Å². The zero-order valence-electron chi connectivity index (χ0n) is 11.8. The molecule has 1 saturated heterocycles. The van der Waals surface area contributed by atoms with Crippen LogP contribution in [0.5, 0.6) is 0 Å². The summed E-state index contributed by atoms with van der Waals surface area (Å²) in [6.45, 7) is 8.43. The van der Waals surface area contributed by atoms with Gasteiger partial charge in [-0.15, -0.1) is 0 Å². The van der Waals surface area contributed by atoms with Crippen LogP contribution in [0.4, 0.5) is 5.95 Å². The lowest BCUT2D eigenvalue weighted by Crippen LogP contribution is -2.47. The number of anilines is 1. The van der Waals surface area contributed by atoms with Crippen molar-refractivity contribution in [1.82, 2.24) is 14.9 Å². The lowest BCUT2D eigenvalue weighted by atomic mass is 10.0. The van der Waals surface area contributed by atoms with Gasteiger partial charge in [0.1, 0.15) is 0 Å². The van der Waals surface area contributed by atoms with Gasteiger partial charge in [-0.25, -0.2) is 9.97 Å². The highest BCUT2D eigenvalue weighted by atomic mass is 15.3. The van der Waals surface area contributed by atoms with Crippen LogP contribution in [-0.4, -0.2) is 54.1 Å². The zero-order valence-corrected chi connectivity index (χ0v) is 11.8. The summed E-state index contributed by atoms with van der Waals surface area (Å²) in [6.07, 6.45) is 6.02. The first kappa shape index (κ1) is 14.2. The van der Waals surface area contributed by atoms with Crippen molar-refractivity contribution in [2.45, 2.75) is 19.8 Å². The van der Waals surface area contributed by atoms with Gasteiger partial charge in [-0.3, -0.25) is 4.90 Å². The van der Waals surface area contributed by atoms with Crippen LogP contribution >= 0.6 is 0 Å². The molecule has 0 aromatic carbocycles. The third kappa shape index (κ3) is 4.14. The van der Waals surface area contributed by atoms with Crippen LogP contribution in [0.1, 0.15) is 19.8 Å². The Balaban J connectivity index is 1.74. The summed E-state index contributed by atoms with van der Waals surface area (Å²) >= 11 is 0. The van der Waals surface area contributed by atoms with E-state index in [0.717, 1.165) is 38.7 Å². The molecule has 0 bridgehead atoms. The van der Waals surface area contributed by atoms with Crippen LogP contribution in [0.3, 0.4) is 0 Å². The molecule has 0 spiro atoms. The van der Waals surface area contributed by atoms with Crippen LogP contribution in [0.15, 0.2) is 18.5 Å². The number of rotatable bonds is 6. The van der Waals surface area contributed by atoms with Crippen LogP contribution in [-0.2, 0) is 0 Å². The maximum absolute atomic E-state index is 5.75. The van der Waals surface area contributed by atoms with Crippen LogP contribution in [0.25, 0.3) is 0 Å². The molecule has 1 aliphatic rings. The number of hydrogen-bond acceptors (Lipinski definition) is 5. The molecule has 106 valence electrons. The fourth-order valence-corrected chi connectivity index (χ4v) is 2.48. The molecule has 0 saturated carbocycles. The van der Waals surface area contributed by atoms with E-state index in [9.17, 15) is 0 Å². The molecule has 5 heteroatoms. The van der Waals surface area contributed by atoms with Gasteiger partial charge in [0.2, 0.25) is 5.95 Å². The summed E-state index contributed by atoms with van der Waals surface area (Å²) in [5, 5.41) is 0. The molecular formula is C14H25N5. The Kier molecular flexibility index (Phi) is 5.54. The molecule has 1 aromatic rings. The Morgan fingerprint density at radius 3 is 2.47 bits per heavy atom. The van der Waals surface area contributed by atoms with Gasteiger partial charge in [-0.05, 0) is 31.5 Å². The number of nitrogens with zero attached hydrogens (tertiary/aromatic N) is 4. The molecule has 2 rings (SSSR count). The van der Waals surface area contributed by atoms with Crippen LogP contribution in [0.2, 0.25) is 0 Å². The van der Waals surface area contributed by atoms with Crippen molar-refractivity contribution in [2.24, 2.45) is 11.7 Å². The molecule has 1 atom stereocenters. The second-order valence-electron chi connectivity index (χ2n) is 5.18. The van der Waals surface area contributed by atoms with E-state index in [1.807, 2.05) is 18.5 Å². The number of hydrogen-bond donors (Lipinski definition) is 1. The number of nitrogens with two attached hydrogens (primary N) is 1. The quantitative estimate of drug-likeness (QED) is 0.829. The summed E-state index contributed by atoms with van der Waals surface area (Å²) in [4.78, 5) is 13.4. The molecule has 1 fully saturated rings. The third-order valence-electron chi connectivity index (χ3n) is 3.97. The highest BCUT2D eigenvalue weighted by molar-refractivity contribution is 5.29. The van der Waals surface area contributed by atoms with Crippen LogP contribution in [0, 0.1) is 5.92 Å². The largest absolute Gasteiger partial charge is 0.338 e. The summed E-state index contributed by atoms with van der Waals surface area (Å²) in [5.41, 5.74) is 5.75. The van der Waals surface area contributed by atoms with Gasteiger partial charge in [-0.2, -0.15) is 0 Å². The molecule has 1 aromatic heterocycles. The summed E-state index contributed by atoms with van der Waals surface area (Å²) < 4.78 is 0. The third-order valence-corrected chi connectivity index (χ3v) is 3.97. The molecule has 0 aliphatic carbocycles. The Labute approximate surface area is 115 Å². The van der Waals surface area contributed by atoms with E-state index in [0.29, 0.717) is 5.92 Å². The molecule has 0 radical (unpaired) electrons. The van der Waals surface area contributed by atoms with E-state index < -0.39 is 0 Å². The highest BCUT2D eigenvalue weighted by Gasteiger charge is 2.18. The fraction of sp³-hybridized carbons (Fsp3) is 0.714. The van der Waals surface area contributed by atoms with Crippen molar-refractivity contribution in [1.29, 1.82) is 0 Å². The van der Waals surface area contributed by atoms with E-state index >= 15 is 0 Å². The summed E-state index contributed by atoms with van der Waals surface area (Å²) in [6, 6.07) is 1.86. The van der Waals surface area contributed by atoms with Crippen molar-refractivity contribution in [3.63, 3.8) is 0 Å². The molecule has 5 nitrogen and oxygen atoms in total. The minimum atomic E-state index is 0.676. The summed E-state index contributed by atoms with van der Waals surface area (Å²) in [7, 11) is 0. The fourth-order valence-electron chi connectivity index (χ4n) is 2.48. The monoisotopic (exact) mass is 263 g/mol. The molecule has 0 amide bonds. The van der Waals surface area contributed by atoms with Crippen molar-refractivity contribution >= 4 is 5.95 Å². The van der Waals surface area contributed by atoms with Gasteiger partial charge in [0.25, 0.3) is 0 Å². The number of piperazine rings is 1. The summed E-state index contributed by atoms with van der Waals surface area (Å²) in [5.74, 6) is 1.53. The second-order valence-corrected chi connectivity index (χ2v) is 5.18. The van der Waals surface area contributed by atoms with Gasteiger partial charge in [0.15, 0.2) is 0 Å². The van der Waals surface area contributed by atoms with E-state index in [4.69, 9.17) is 5.73 Å². The van der Waals surface area contributed by atoms with E-state index in [1.54, 1.807) is 0 Å². The van der Waals surface area contributed by atoms with Crippen molar-refractivity contribution in [3.05, 3.63) is 18.5 Å². The minimum absolute atomic E-state index is 0.676. The predicted octanol–water partition coefficient (Wildman–Crippen LogP) is 0.974. The Morgan fingerprint density at radius 1 is 1.21 bits per heavy atom. The first-order valence-electron chi connectivity index (χ1n) is 7.28. The average molecular weight is 263 g/mol. The average Bonchev–Trinajstić information content (AvgIpc) is 2.50. The molecule has 19 heavy (non-hydrogen) atoms. The molecule has 2 heterocycles. The highest BCUT2D eigenvalue weighted by Crippen LogP contribution is 2.12. The topological polar surface area (TPSA) is 58.3 Å². The maximum Gasteiger partial charge on any atom is 0.225 e. The maximum atomic E-state index is 5.75. The van der Waals surface area contributed by atoms with E-state index in [1.165, 1.54) is 19.4 Å². The van der Waals surface area contributed by atoms with Crippen LogP contribution < -0.4 is 10.6 Å². The molecule has 1 unspecified atom stereocenters. The predicted molar refractivity (Wildman–Crippen MR) is 78.1 cm³/mol. The standard InChI is InChI=1S/C14H25N5/c1-2-13(12-15)4-7-18-8-10-19(11-9-18)14-16-5-3-6-17-14/h3,5-6,13H,2,4,7-12,15H2,1H3. The Hall–Kier alpha value is -1.20. The lowest BCUT2D eigenvalue weighted by molar-refractivity contribution is 0.236. The van der Waals surface area contributed by atoms with Crippen molar-refractivity contribution < 1.29 is 0 Å². The van der Waals surface area contributed by atoms with Gasteiger partial charge < -0.3 is 10.6 Å². The smallest absolute Gasteiger partial charge is 0.225 e. The van der Waals surface area contributed by atoms with Gasteiger partial charge >= 0.3 is 0 Å². The first-order valence-corrected chi connectivity index (χ1v) is 7.28. The number of aromatic nitrogens is 2. The van der Waals surface area contributed by atoms with E-state index in [-0.39, 0.29) is 0 Å². The van der Waals surface area contributed by atoms with Gasteiger partial charge in [-0.1, -0.05) is 13.3 Å². The molecule has 1 aliphatic heterocycles. The Bertz CT molecular complexity index is 344.